The summed E-state index contributed by atoms with van der Waals surface area (Å²) in [5.41, 5.74) is 0.581. The molecule has 0 amide bonds. The zero-order chi connectivity index (χ0) is 9.97. The summed E-state index contributed by atoms with van der Waals surface area (Å²) in [7, 11) is 1.59. The summed E-state index contributed by atoms with van der Waals surface area (Å²) in [4.78, 5) is 10.7. The molecule has 1 fully saturated rings. The van der Waals surface area contributed by atoms with Crippen molar-refractivity contribution in [3.8, 4) is 11.5 Å². The van der Waals surface area contributed by atoms with Crippen molar-refractivity contribution in [1.29, 1.82) is 0 Å². The van der Waals surface area contributed by atoms with Crippen molar-refractivity contribution in [3.63, 3.8) is 0 Å². The Morgan fingerprint density at radius 3 is 2.79 bits per heavy atom. The topological polar surface area (TPSA) is 35.5 Å². The first-order valence-electron chi connectivity index (χ1n) is 4.63. The quantitative estimate of drug-likeness (QED) is 0.685. The van der Waals surface area contributed by atoms with Crippen LogP contribution in [0.3, 0.4) is 0 Å². The van der Waals surface area contributed by atoms with Crippen molar-refractivity contribution >= 4 is 6.29 Å². The van der Waals surface area contributed by atoms with E-state index in [0.717, 1.165) is 19.1 Å². The Bertz CT molecular complexity index is 342. The van der Waals surface area contributed by atoms with Crippen LogP contribution < -0.4 is 9.47 Å². The molecule has 14 heavy (non-hydrogen) atoms. The minimum atomic E-state index is 0.292. The molecule has 74 valence electrons. The maximum absolute atomic E-state index is 10.7. The van der Waals surface area contributed by atoms with E-state index >= 15 is 0 Å². The van der Waals surface area contributed by atoms with E-state index in [1.165, 1.54) is 0 Å². The summed E-state index contributed by atoms with van der Waals surface area (Å²) in [6.07, 6.45) is 3.25. The molecule has 0 aromatic heterocycles. The second-order valence-corrected chi connectivity index (χ2v) is 3.34. The number of aldehydes is 1. The normalized spacial score (nSPS) is 14.9. The van der Waals surface area contributed by atoms with Crippen molar-refractivity contribution in [2.45, 2.75) is 18.9 Å². The number of carbonyl (C=O) groups excluding carboxylic acids is 1. The first-order valence-corrected chi connectivity index (χ1v) is 4.63. The minimum absolute atomic E-state index is 0.292. The van der Waals surface area contributed by atoms with Crippen molar-refractivity contribution in [3.05, 3.63) is 23.8 Å². The molecule has 1 aromatic rings. The van der Waals surface area contributed by atoms with E-state index in [4.69, 9.17) is 9.47 Å². The molecule has 0 bridgehead atoms. The molecular weight excluding hydrogens is 180 g/mol. The summed E-state index contributed by atoms with van der Waals surface area (Å²) in [6.45, 7) is 0. The Balaban J connectivity index is 2.26. The summed E-state index contributed by atoms with van der Waals surface area (Å²) in [6, 6.07) is 5.22. The third-order valence-corrected chi connectivity index (χ3v) is 2.17. The molecule has 1 aliphatic rings. The number of benzene rings is 1. The van der Waals surface area contributed by atoms with Gasteiger partial charge in [-0.25, -0.2) is 0 Å². The number of ether oxygens (including phenoxy) is 2. The van der Waals surface area contributed by atoms with E-state index in [1.54, 1.807) is 25.3 Å². The molecular formula is C11H12O3. The maximum atomic E-state index is 10.7. The van der Waals surface area contributed by atoms with Crippen LogP contribution in [0.4, 0.5) is 0 Å². The summed E-state index contributed by atoms with van der Waals surface area (Å²) in [5.74, 6) is 1.34. The van der Waals surface area contributed by atoms with Crippen LogP contribution >= 0.6 is 0 Å². The van der Waals surface area contributed by atoms with Gasteiger partial charge in [0.1, 0.15) is 11.5 Å². The fourth-order valence-electron chi connectivity index (χ4n) is 1.21. The minimum Gasteiger partial charge on any atom is -0.497 e. The smallest absolute Gasteiger partial charge is 0.153 e. The third-order valence-electron chi connectivity index (χ3n) is 2.17. The van der Waals surface area contributed by atoms with Crippen LogP contribution in [0.2, 0.25) is 0 Å². The number of methoxy groups -OCH3 is 1. The molecule has 0 N–H and O–H groups in total. The monoisotopic (exact) mass is 192 g/mol. The van der Waals surface area contributed by atoms with E-state index in [1.807, 2.05) is 0 Å². The predicted octanol–water partition coefficient (Wildman–Crippen LogP) is 2.05. The molecule has 0 unspecified atom stereocenters. The second-order valence-electron chi connectivity index (χ2n) is 3.34. The fourth-order valence-corrected chi connectivity index (χ4v) is 1.21. The van der Waals surface area contributed by atoms with E-state index in [9.17, 15) is 4.79 Å². The van der Waals surface area contributed by atoms with Crippen molar-refractivity contribution in [1.82, 2.24) is 0 Å². The molecule has 0 spiro atoms. The van der Waals surface area contributed by atoms with Crippen LogP contribution in [0, 0.1) is 0 Å². The van der Waals surface area contributed by atoms with Gasteiger partial charge in [-0.1, -0.05) is 0 Å². The van der Waals surface area contributed by atoms with Gasteiger partial charge in [-0.15, -0.1) is 0 Å². The van der Waals surface area contributed by atoms with Crippen molar-refractivity contribution < 1.29 is 14.3 Å². The Kier molecular flexibility index (Phi) is 2.39. The molecule has 0 atom stereocenters. The highest BCUT2D eigenvalue weighted by molar-refractivity contribution is 5.79. The number of carbonyl (C=O) groups is 1. The molecule has 1 aliphatic carbocycles. The van der Waals surface area contributed by atoms with Gasteiger partial charge in [-0.05, 0) is 25.0 Å². The molecule has 0 aliphatic heterocycles. The van der Waals surface area contributed by atoms with Gasteiger partial charge in [-0.2, -0.15) is 0 Å². The van der Waals surface area contributed by atoms with Crippen LogP contribution in [0.15, 0.2) is 18.2 Å². The van der Waals surface area contributed by atoms with Crippen LogP contribution in [0.25, 0.3) is 0 Å². The average molecular weight is 192 g/mol. The van der Waals surface area contributed by atoms with Gasteiger partial charge in [0.25, 0.3) is 0 Å². The number of hydrogen-bond donors (Lipinski definition) is 0. The van der Waals surface area contributed by atoms with Gasteiger partial charge in [-0.3, -0.25) is 4.79 Å². The third kappa shape index (κ3) is 1.87. The average Bonchev–Trinajstić information content (AvgIpc) is 3.01. The molecule has 1 saturated carbocycles. The summed E-state index contributed by atoms with van der Waals surface area (Å²) >= 11 is 0. The zero-order valence-electron chi connectivity index (χ0n) is 8.03. The van der Waals surface area contributed by atoms with Gasteiger partial charge in [0.15, 0.2) is 6.29 Å². The van der Waals surface area contributed by atoms with Crippen LogP contribution in [-0.4, -0.2) is 19.5 Å². The Morgan fingerprint density at radius 1 is 1.43 bits per heavy atom. The second kappa shape index (κ2) is 3.70. The number of rotatable bonds is 4. The van der Waals surface area contributed by atoms with Crippen molar-refractivity contribution in [2.24, 2.45) is 0 Å². The van der Waals surface area contributed by atoms with Gasteiger partial charge in [0, 0.05) is 6.07 Å². The standard InChI is InChI=1S/C11H12O3/c1-13-10-3-2-8(7-12)11(6-10)14-9-4-5-9/h2-3,6-7,9H,4-5H2,1H3. The lowest BCUT2D eigenvalue weighted by atomic mass is 10.2. The lowest BCUT2D eigenvalue weighted by Crippen LogP contribution is -1.99. The van der Waals surface area contributed by atoms with E-state index in [2.05, 4.69) is 0 Å². The molecule has 3 heteroatoms. The SMILES string of the molecule is COc1ccc(C=O)c(OC2CC2)c1. The first-order chi connectivity index (χ1) is 6.83. The lowest BCUT2D eigenvalue weighted by Gasteiger charge is -2.08. The first kappa shape index (κ1) is 9.06. The van der Waals surface area contributed by atoms with E-state index in [0.29, 0.717) is 23.2 Å². The van der Waals surface area contributed by atoms with Crippen LogP contribution in [0.5, 0.6) is 11.5 Å². The molecule has 0 saturated heterocycles. The van der Waals surface area contributed by atoms with Gasteiger partial charge >= 0.3 is 0 Å². The highest BCUT2D eigenvalue weighted by Gasteiger charge is 2.24. The Hall–Kier alpha value is -1.51. The predicted molar refractivity (Wildman–Crippen MR) is 52.0 cm³/mol. The molecule has 0 heterocycles. The molecule has 2 rings (SSSR count). The fraction of sp³-hybridized carbons (Fsp3) is 0.364. The van der Waals surface area contributed by atoms with Gasteiger partial charge in [0.05, 0.1) is 18.8 Å². The Morgan fingerprint density at radius 2 is 2.21 bits per heavy atom. The van der Waals surface area contributed by atoms with Gasteiger partial charge < -0.3 is 9.47 Å². The van der Waals surface area contributed by atoms with E-state index in [-0.39, 0.29) is 0 Å². The summed E-state index contributed by atoms with van der Waals surface area (Å²) < 4.78 is 10.6. The Labute approximate surface area is 82.6 Å². The van der Waals surface area contributed by atoms with Gasteiger partial charge in [0.2, 0.25) is 0 Å². The molecule has 3 nitrogen and oxygen atoms in total. The van der Waals surface area contributed by atoms with Crippen molar-refractivity contribution in [2.75, 3.05) is 7.11 Å². The van der Waals surface area contributed by atoms with Crippen LogP contribution in [-0.2, 0) is 0 Å². The molecule has 0 radical (unpaired) electrons. The van der Waals surface area contributed by atoms with Crippen LogP contribution in [0.1, 0.15) is 23.2 Å². The molecule has 1 aromatic carbocycles. The van der Waals surface area contributed by atoms with E-state index < -0.39 is 0 Å². The highest BCUT2D eigenvalue weighted by atomic mass is 16.5. The summed E-state index contributed by atoms with van der Waals surface area (Å²) in [5, 5.41) is 0. The largest absolute Gasteiger partial charge is 0.497 e. The zero-order valence-corrected chi connectivity index (χ0v) is 8.03. The lowest BCUT2D eigenvalue weighted by molar-refractivity contribution is 0.111. The number of hydrogen-bond acceptors (Lipinski definition) is 3. The highest BCUT2D eigenvalue weighted by Crippen LogP contribution is 2.30. The maximum Gasteiger partial charge on any atom is 0.153 e.